The zero-order valence-corrected chi connectivity index (χ0v) is 17.6. The Hall–Kier alpha value is -3.29. The summed E-state index contributed by atoms with van der Waals surface area (Å²) in [6.07, 6.45) is 2.94. The molecule has 1 saturated heterocycles. The highest BCUT2D eigenvalue weighted by atomic mass is 19.1. The van der Waals surface area contributed by atoms with Crippen LogP contribution in [0.4, 0.5) is 4.39 Å². The topological polar surface area (TPSA) is 80.1 Å². The monoisotopic (exact) mass is 421 g/mol. The van der Waals surface area contributed by atoms with Crippen molar-refractivity contribution in [2.24, 2.45) is 7.05 Å². The third-order valence-electron chi connectivity index (χ3n) is 6.26. The van der Waals surface area contributed by atoms with Crippen molar-refractivity contribution in [3.05, 3.63) is 58.7 Å². The molecule has 1 N–H and O–H groups in total. The summed E-state index contributed by atoms with van der Waals surface area (Å²) >= 11 is 0. The number of nitrogens with one attached hydrogen (secondary N) is 1. The van der Waals surface area contributed by atoms with Crippen LogP contribution < -0.4 is 5.32 Å². The lowest BCUT2D eigenvalue weighted by atomic mass is 9.98. The fraction of sp³-hybridized carbons (Fsp3) is 0.391. The molecular weight excluding hydrogens is 397 g/mol. The lowest BCUT2D eigenvalue weighted by Crippen LogP contribution is -2.28. The van der Waals surface area contributed by atoms with Crippen molar-refractivity contribution in [3.8, 4) is 0 Å². The number of likely N-dealkylation sites (tertiary alicyclic amines) is 1. The van der Waals surface area contributed by atoms with Crippen LogP contribution in [0.5, 0.6) is 0 Å². The van der Waals surface area contributed by atoms with Crippen molar-refractivity contribution in [2.45, 2.75) is 31.1 Å². The largest absolute Gasteiger partial charge is 0.355 e. The number of aromatic nitrogens is 3. The first-order valence-electron chi connectivity index (χ1n) is 10.6. The third-order valence-corrected chi connectivity index (χ3v) is 6.26. The molecule has 1 aliphatic heterocycles. The summed E-state index contributed by atoms with van der Waals surface area (Å²) in [5.74, 6) is -0.216. The SMILES string of the molecule is CNC(=O)c1cc(C2CC2)nc2c1c(C1CCN(C(=O)c3ccc(F)cc3)C1)nn2C. The summed E-state index contributed by atoms with van der Waals surface area (Å²) in [7, 11) is 3.47. The minimum atomic E-state index is -0.365. The van der Waals surface area contributed by atoms with E-state index >= 15 is 0 Å². The van der Waals surface area contributed by atoms with Crippen LogP contribution in [0.2, 0.25) is 0 Å². The fourth-order valence-corrected chi connectivity index (χ4v) is 4.43. The van der Waals surface area contributed by atoms with Gasteiger partial charge in [-0.2, -0.15) is 5.10 Å². The van der Waals surface area contributed by atoms with Crippen molar-refractivity contribution in [2.75, 3.05) is 20.1 Å². The van der Waals surface area contributed by atoms with E-state index in [0.29, 0.717) is 35.8 Å². The summed E-state index contributed by atoms with van der Waals surface area (Å²) in [6.45, 7) is 1.09. The molecule has 2 aliphatic rings. The first kappa shape index (κ1) is 19.7. The maximum atomic E-state index is 13.2. The number of rotatable bonds is 4. The van der Waals surface area contributed by atoms with Gasteiger partial charge in [-0.3, -0.25) is 14.3 Å². The number of hydrogen-bond donors (Lipinski definition) is 1. The maximum Gasteiger partial charge on any atom is 0.253 e. The van der Waals surface area contributed by atoms with E-state index in [0.717, 1.165) is 36.0 Å². The van der Waals surface area contributed by atoms with Gasteiger partial charge in [-0.25, -0.2) is 9.37 Å². The van der Waals surface area contributed by atoms with E-state index in [1.165, 1.54) is 24.3 Å². The standard InChI is InChI=1S/C23H24FN5O2/c1-25-22(30)17-11-18(13-3-4-13)26-21-19(17)20(27-28(21)2)15-9-10-29(12-15)23(31)14-5-7-16(24)8-6-14/h5-8,11,13,15H,3-4,9-10,12H2,1-2H3,(H,25,30). The molecule has 2 aromatic heterocycles. The lowest BCUT2D eigenvalue weighted by molar-refractivity contribution is 0.0790. The van der Waals surface area contributed by atoms with Gasteiger partial charge in [0.25, 0.3) is 11.8 Å². The van der Waals surface area contributed by atoms with E-state index in [2.05, 4.69) is 5.32 Å². The Morgan fingerprint density at radius 1 is 1.13 bits per heavy atom. The van der Waals surface area contributed by atoms with E-state index in [1.807, 2.05) is 13.1 Å². The Labute approximate surface area is 179 Å². The first-order valence-corrected chi connectivity index (χ1v) is 10.6. The van der Waals surface area contributed by atoms with Gasteiger partial charge in [-0.15, -0.1) is 0 Å². The molecule has 0 radical (unpaired) electrons. The molecule has 5 rings (SSSR count). The molecule has 160 valence electrons. The summed E-state index contributed by atoms with van der Waals surface area (Å²) < 4.78 is 14.9. The zero-order chi connectivity index (χ0) is 21.7. The normalized spacial score (nSPS) is 18.5. The molecule has 8 heteroatoms. The van der Waals surface area contributed by atoms with Crippen LogP contribution in [-0.4, -0.2) is 51.6 Å². The van der Waals surface area contributed by atoms with E-state index in [1.54, 1.807) is 16.6 Å². The van der Waals surface area contributed by atoms with Gasteiger partial charge >= 0.3 is 0 Å². The molecule has 1 saturated carbocycles. The van der Waals surface area contributed by atoms with Gasteiger partial charge in [0, 0.05) is 50.3 Å². The van der Waals surface area contributed by atoms with Crippen molar-refractivity contribution in [1.29, 1.82) is 0 Å². The Morgan fingerprint density at radius 2 is 1.87 bits per heavy atom. The van der Waals surface area contributed by atoms with Crippen molar-refractivity contribution < 1.29 is 14.0 Å². The minimum absolute atomic E-state index is 0.00470. The number of halogens is 1. The van der Waals surface area contributed by atoms with Gasteiger partial charge in [-0.1, -0.05) is 0 Å². The van der Waals surface area contributed by atoms with E-state index < -0.39 is 0 Å². The number of amides is 2. The van der Waals surface area contributed by atoms with Gasteiger partial charge in [0.15, 0.2) is 5.65 Å². The van der Waals surface area contributed by atoms with Gasteiger partial charge in [0.2, 0.25) is 0 Å². The van der Waals surface area contributed by atoms with Crippen molar-refractivity contribution in [3.63, 3.8) is 0 Å². The van der Waals surface area contributed by atoms with Gasteiger partial charge in [-0.05, 0) is 49.6 Å². The summed E-state index contributed by atoms with van der Waals surface area (Å²) in [4.78, 5) is 32.2. The Kier molecular flexibility index (Phi) is 4.72. The third kappa shape index (κ3) is 3.45. The number of aryl methyl sites for hydroxylation is 1. The second-order valence-corrected chi connectivity index (χ2v) is 8.40. The molecule has 31 heavy (non-hydrogen) atoms. The highest BCUT2D eigenvalue weighted by Gasteiger charge is 2.34. The van der Waals surface area contributed by atoms with Gasteiger partial charge in [0.05, 0.1) is 16.6 Å². The molecule has 1 aliphatic carbocycles. The average molecular weight is 421 g/mol. The number of carbonyl (C=O) groups excluding carboxylic acids is 2. The van der Waals surface area contributed by atoms with Crippen LogP contribution in [0.15, 0.2) is 30.3 Å². The predicted octanol–water partition coefficient (Wildman–Crippen LogP) is 2.97. The number of fused-ring (bicyclic) bond motifs is 1. The molecule has 7 nitrogen and oxygen atoms in total. The number of nitrogens with zero attached hydrogens (tertiary/aromatic N) is 4. The fourth-order valence-electron chi connectivity index (χ4n) is 4.43. The molecule has 2 fully saturated rings. The number of carbonyl (C=O) groups is 2. The van der Waals surface area contributed by atoms with E-state index in [9.17, 15) is 14.0 Å². The molecule has 1 atom stereocenters. The molecule has 1 unspecified atom stereocenters. The molecular formula is C23H24FN5O2. The molecule has 0 spiro atoms. The summed E-state index contributed by atoms with van der Waals surface area (Å²) in [5.41, 5.74) is 3.53. The predicted molar refractivity (Wildman–Crippen MR) is 114 cm³/mol. The van der Waals surface area contributed by atoms with E-state index in [-0.39, 0.29) is 23.5 Å². The first-order chi connectivity index (χ1) is 15.0. The van der Waals surface area contributed by atoms with E-state index in [4.69, 9.17) is 10.1 Å². The second-order valence-electron chi connectivity index (χ2n) is 8.40. The van der Waals surface area contributed by atoms with Crippen LogP contribution in [-0.2, 0) is 7.05 Å². The Balaban J connectivity index is 1.50. The zero-order valence-electron chi connectivity index (χ0n) is 17.6. The molecule has 1 aromatic carbocycles. The van der Waals surface area contributed by atoms with Crippen LogP contribution in [0.25, 0.3) is 11.0 Å². The van der Waals surface area contributed by atoms with Crippen molar-refractivity contribution in [1.82, 2.24) is 25.0 Å². The molecule has 3 aromatic rings. The molecule has 3 heterocycles. The van der Waals surface area contributed by atoms with Crippen LogP contribution in [0.1, 0.15) is 63.2 Å². The number of benzene rings is 1. The van der Waals surface area contributed by atoms with Crippen molar-refractivity contribution >= 4 is 22.8 Å². The summed E-state index contributed by atoms with van der Waals surface area (Å²) in [5, 5.41) is 8.25. The second kappa shape index (κ2) is 7.44. The van der Waals surface area contributed by atoms with Crippen LogP contribution >= 0.6 is 0 Å². The van der Waals surface area contributed by atoms with Gasteiger partial charge < -0.3 is 10.2 Å². The molecule has 0 bridgehead atoms. The average Bonchev–Trinajstić information content (AvgIpc) is 3.43. The maximum absolute atomic E-state index is 13.2. The smallest absolute Gasteiger partial charge is 0.253 e. The summed E-state index contributed by atoms with van der Waals surface area (Å²) in [6, 6.07) is 7.51. The minimum Gasteiger partial charge on any atom is -0.355 e. The van der Waals surface area contributed by atoms with Gasteiger partial charge in [0.1, 0.15) is 5.82 Å². The highest BCUT2D eigenvalue weighted by molar-refractivity contribution is 6.06. The van der Waals surface area contributed by atoms with Crippen LogP contribution in [0.3, 0.4) is 0 Å². The quantitative estimate of drug-likeness (QED) is 0.702. The highest BCUT2D eigenvalue weighted by Crippen LogP contribution is 2.41. The molecule has 2 amide bonds. The lowest BCUT2D eigenvalue weighted by Gasteiger charge is -2.16. The number of hydrogen-bond acceptors (Lipinski definition) is 4. The Bertz CT molecular complexity index is 1180. The number of pyridine rings is 1. The Morgan fingerprint density at radius 3 is 2.55 bits per heavy atom. The van der Waals surface area contributed by atoms with Crippen LogP contribution in [0, 0.1) is 5.82 Å².